The fraction of sp³-hybridized carbons (Fsp3) is 0.462. The minimum atomic E-state index is -3.25. The molecule has 1 unspecified atom stereocenters. The quantitative estimate of drug-likeness (QED) is 0.914. The van der Waals surface area contributed by atoms with Crippen molar-refractivity contribution >= 4 is 21.1 Å². The molecule has 8 heteroatoms. The second kappa shape index (κ2) is 5.36. The summed E-state index contributed by atoms with van der Waals surface area (Å²) >= 11 is 0. The van der Waals surface area contributed by atoms with E-state index in [0.717, 1.165) is 0 Å². The van der Waals surface area contributed by atoms with E-state index in [1.54, 1.807) is 6.07 Å². The molecule has 0 aliphatic carbocycles. The van der Waals surface area contributed by atoms with Gasteiger partial charge in [-0.2, -0.15) is 0 Å². The van der Waals surface area contributed by atoms with Crippen LogP contribution in [0.5, 0.6) is 0 Å². The zero-order chi connectivity index (χ0) is 15.0. The van der Waals surface area contributed by atoms with Gasteiger partial charge in [-0.25, -0.2) is 22.5 Å². The fourth-order valence-electron chi connectivity index (χ4n) is 2.57. The van der Waals surface area contributed by atoms with Gasteiger partial charge < -0.3 is 4.42 Å². The molecule has 3 rings (SSSR count). The Morgan fingerprint density at radius 1 is 1.52 bits per heavy atom. The maximum absolute atomic E-state index is 13.1. The van der Waals surface area contributed by atoms with Crippen LogP contribution >= 0.6 is 0 Å². The van der Waals surface area contributed by atoms with Crippen LogP contribution in [0.25, 0.3) is 11.1 Å². The number of benzene rings is 1. The van der Waals surface area contributed by atoms with Gasteiger partial charge in [0.15, 0.2) is 5.58 Å². The molecule has 114 valence electrons. The number of hydrogen-bond donors (Lipinski definition) is 1. The molecular weight excluding hydrogens is 297 g/mol. The SMILES string of the molecule is CNS(=O)(=O)C1CCN(Cc2nc3ccc(F)cc3o2)C1. The molecule has 1 aliphatic rings. The Hall–Kier alpha value is -1.51. The number of nitrogens with one attached hydrogen (secondary N) is 1. The third-order valence-electron chi connectivity index (χ3n) is 3.71. The van der Waals surface area contributed by atoms with Crippen molar-refractivity contribution in [2.75, 3.05) is 20.1 Å². The summed E-state index contributed by atoms with van der Waals surface area (Å²) in [5, 5.41) is -0.413. The molecule has 1 fully saturated rings. The van der Waals surface area contributed by atoms with Crippen molar-refractivity contribution in [2.45, 2.75) is 18.2 Å². The lowest BCUT2D eigenvalue weighted by Crippen LogP contribution is -2.34. The number of oxazole rings is 1. The van der Waals surface area contributed by atoms with Crippen LogP contribution in [0.2, 0.25) is 0 Å². The first-order chi connectivity index (χ1) is 9.98. The molecule has 1 aromatic heterocycles. The number of fused-ring (bicyclic) bond motifs is 1. The molecule has 1 saturated heterocycles. The number of rotatable bonds is 4. The lowest BCUT2D eigenvalue weighted by Gasteiger charge is -2.13. The summed E-state index contributed by atoms with van der Waals surface area (Å²) in [4.78, 5) is 6.26. The standard InChI is InChI=1S/C13H16FN3O3S/c1-15-21(18,19)10-4-5-17(7-10)8-13-16-11-3-2-9(14)6-12(11)20-13/h2-3,6,10,15H,4-5,7-8H2,1H3. The van der Waals surface area contributed by atoms with Gasteiger partial charge in [0, 0.05) is 19.2 Å². The summed E-state index contributed by atoms with van der Waals surface area (Å²) < 4.78 is 44.5. The monoisotopic (exact) mass is 313 g/mol. The maximum Gasteiger partial charge on any atom is 0.215 e. The molecule has 1 aromatic carbocycles. The number of nitrogens with zero attached hydrogens (tertiary/aromatic N) is 2. The van der Waals surface area contributed by atoms with Gasteiger partial charge in [0.05, 0.1) is 11.8 Å². The molecule has 1 N–H and O–H groups in total. The molecule has 0 saturated carbocycles. The topological polar surface area (TPSA) is 75.4 Å². The van der Waals surface area contributed by atoms with Crippen molar-refractivity contribution < 1.29 is 17.2 Å². The van der Waals surface area contributed by atoms with Crippen molar-refractivity contribution in [2.24, 2.45) is 0 Å². The largest absolute Gasteiger partial charge is 0.439 e. The van der Waals surface area contributed by atoms with E-state index < -0.39 is 15.3 Å². The van der Waals surface area contributed by atoms with Crippen LogP contribution in [0.15, 0.2) is 22.6 Å². The normalized spacial score (nSPS) is 20.4. The molecule has 0 amide bonds. The second-order valence-electron chi connectivity index (χ2n) is 5.11. The zero-order valence-corrected chi connectivity index (χ0v) is 12.4. The van der Waals surface area contributed by atoms with Crippen LogP contribution in [-0.2, 0) is 16.6 Å². The van der Waals surface area contributed by atoms with Crippen LogP contribution in [0, 0.1) is 5.82 Å². The van der Waals surface area contributed by atoms with E-state index in [1.807, 2.05) is 4.90 Å². The van der Waals surface area contributed by atoms with Crippen LogP contribution < -0.4 is 4.72 Å². The van der Waals surface area contributed by atoms with E-state index in [-0.39, 0.29) is 5.82 Å². The summed E-state index contributed by atoms with van der Waals surface area (Å²) in [6.45, 7) is 1.53. The van der Waals surface area contributed by atoms with E-state index in [4.69, 9.17) is 4.42 Å². The lowest BCUT2D eigenvalue weighted by atomic mass is 10.3. The molecule has 2 heterocycles. The lowest BCUT2D eigenvalue weighted by molar-refractivity contribution is 0.295. The van der Waals surface area contributed by atoms with E-state index in [9.17, 15) is 12.8 Å². The van der Waals surface area contributed by atoms with E-state index in [0.29, 0.717) is 43.0 Å². The first kappa shape index (κ1) is 14.4. The smallest absolute Gasteiger partial charge is 0.215 e. The number of aromatic nitrogens is 1. The fourth-order valence-corrected chi connectivity index (χ4v) is 3.72. The Bertz CT molecular complexity index is 759. The Labute approximate surface area is 122 Å². The predicted octanol–water partition coefficient (Wildman–Crippen LogP) is 1.09. The molecule has 1 atom stereocenters. The summed E-state index contributed by atoms with van der Waals surface area (Å²) in [6, 6.07) is 4.19. The van der Waals surface area contributed by atoms with Crippen LogP contribution in [0.4, 0.5) is 4.39 Å². The molecule has 0 radical (unpaired) electrons. The minimum Gasteiger partial charge on any atom is -0.439 e. The molecule has 2 aromatic rings. The van der Waals surface area contributed by atoms with Gasteiger partial charge in [-0.05, 0) is 25.6 Å². The highest BCUT2D eigenvalue weighted by molar-refractivity contribution is 7.90. The zero-order valence-electron chi connectivity index (χ0n) is 11.5. The highest BCUT2D eigenvalue weighted by Crippen LogP contribution is 2.21. The van der Waals surface area contributed by atoms with Crippen LogP contribution in [0.1, 0.15) is 12.3 Å². The van der Waals surface area contributed by atoms with E-state index in [1.165, 1.54) is 19.2 Å². The van der Waals surface area contributed by atoms with Gasteiger partial charge in [-0.1, -0.05) is 0 Å². The van der Waals surface area contributed by atoms with Crippen molar-refractivity contribution in [3.8, 4) is 0 Å². The summed E-state index contributed by atoms with van der Waals surface area (Å²) in [5.74, 6) is 0.102. The molecule has 1 aliphatic heterocycles. The number of likely N-dealkylation sites (tertiary alicyclic amines) is 1. The second-order valence-corrected chi connectivity index (χ2v) is 7.28. The van der Waals surface area contributed by atoms with Crippen molar-refractivity contribution in [1.82, 2.24) is 14.6 Å². The first-order valence-corrected chi connectivity index (χ1v) is 8.22. The van der Waals surface area contributed by atoms with Gasteiger partial charge in [0.2, 0.25) is 15.9 Å². The molecule has 0 spiro atoms. The predicted molar refractivity (Wildman–Crippen MR) is 75.6 cm³/mol. The van der Waals surface area contributed by atoms with E-state index in [2.05, 4.69) is 9.71 Å². The molecular formula is C13H16FN3O3S. The van der Waals surface area contributed by atoms with Crippen LogP contribution in [0.3, 0.4) is 0 Å². The minimum absolute atomic E-state index is 0.369. The molecule has 21 heavy (non-hydrogen) atoms. The molecule has 0 bridgehead atoms. The maximum atomic E-state index is 13.1. The molecule has 6 nitrogen and oxygen atoms in total. The Kier molecular flexibility index (Phi) is 3.68. The van der Waals surface area contributed by atoms with Gasteiger partial charge >= 0.3 is 0 Å². The highest BCUT2D eigenvalue weighted by atomic mass is 32.2. The Morgan fingerprint density at radius 2 is 2.33 bits per heavy atom. The van der Waals surface area contributed by atoms with Crippen molar-refractivity contribution in [3.63, 3.8) is 0 Å². The summed E-state index contributed by atoms with van der Waals surface area (Å²) in [6.07, 6.45) is 0.581. The van der Waals surface area contributed by atoms with Gasteiger partial charge in [-0.15, -0.1) is 0 Å². The Morgan fingerprint density at radius 3 is 3.10 bits per heavy atom. The third-order valence-corrected chi connectivity index (χ3v) is 5.54. The first-order valence-electron chi connectivity index (χ1n) is 6.67. The highest BCUT2D eigenvalue weighted by Gasteiger charge is 2.32. The Balaban J connectivity index is 1.72. The number of hydrogen-bond acceptors (Lipinski definition) is 5. The van der Waals surface area contributed by atoms with Gasteiger partial charge in [-0.3, -0.25) is 4.90 Å². The number of sulfonamides is 1. The third kappa shape index (κ3) is 2.92. The summed E-state index contributed by atoms with van der Waals surface area (Å²) in [7, 11) is -1.82. The number of halogens is 1. The average molecular weight is 313 g/mol. The van der Waals surface area contributed by atoms with Gasteiger partial charge in [0.25, 0.3) is 0 Å². The van der Waals surface area contributed by atoms with E-state index >= 15 is 0 Å². The van der Waals surface area contributed by atoms with Crippen molar-refractivity contribution in [3.05, 3.63) is 29.9 Å². The van der Waals surface area contributed by atoms with Crippen LogP contribution in [-0.4, -0.2) is 43.7 Å². The summed E-state index contributed by atoms with van der Waals surface area (Å²) in [5.41, 5.74) is 1.01. The average Bonchev–Trinajstić information content (AvgIpc) is 3.05. The van der Waals surface area contributed by atoms with Gasteiger partial charge in [0.1, 0.15) is 11.3 Å². The van der Waals surface area contributed by atoms with Crippen molar-refractivity contribution in [1.29, 1.82) is 0 Å².